The summed E-state index contributed by atoms with van der Waals surface area (Å²) in [7, 11) is 1.44. The third-order valence-electron chi connectivity index (χ3n) is 14.7. The normalized spacial score (nSPS) is 22.2. The maximum atomic E-state index is 13.5. The minimum atomic E-state index is -1.05. The highest BCUT2D eigenvalue weighted by Crippen LogP contribution is 2.39. The molecular weight excluding hydrogens is 831 g/mol. The van der Waals surface area contributed by atoms with Gasteiger partial charge in [0, 0.05) is 89.4 Å². The Balaban J connectivity index is 0.790. The maximum Gasteiger partial charge on any atom is 0.320 e. The fourth-order valence-corrected chi connectivity index (χ4v) is 10.6. The Hall–Kier alpha value is -6.14. The molecule has 2 unspecified atom stereocenters. The molecule has 7 heterocycles. The summed E-state index contributed by atoms with van der Waals surface area (Å²) in [5, 5.41) is 5.84. The number of hydrogen-bond donors (Lipinski definition) is 3. The predicted molar refractivity (Wildman–Crippen MR) is 242 cm³/mol. The lowest BCUT2D eigenvalue weighted by Gasteiger charge is -2.50. The molecule has 9 rings (SSSR count). The lowest BCUT2D eigenvalue weighted by Crippen LogP contribution is -2.61. The number of ether oxygens (including phenoxy) is 1. The molecule has 3 aromatic rings. The third kappa shape index (κ3) is 8.60. The van der Waals surface area contributed by atoms with Crippen molar-refractivity contribution in [2.75, 3.05) is 87.7 Å². The topological polar surface area (TPSA) is 207 Å². The SMILES string of the molecule is CNC(=O)C(CCC=O)N1C(=O)c2ccc(N3CC(N4CCC(C)(c5ccc(Nc6nc(N7CCCC(N8CCN(C9CCOCC9)C8=O)C7)cnc6C(N)=O)cc5)CC4)C3)cc2C1=O. The molecule has 0 aliphatic carbocycles. The molecule has 5 fully saturated rings. The highest BCUT2D eigenvalue weighted by atomic mass is 16.5. The second-order valence-corrected chi connectivity index (χ2v) is 18.5. The first-order valence-electron chi connectivity index (χ1n) is 23.1. The van der Waals surface area contributed by atoms with E-state index in [1.54, 1.807) is 18.3 Å². The average molecular weight is 890 g/mol. The molecule has 0 saturated carbocycles. The quantitative estimate of drug-likeness (QED) is 0.157. The summed E-state index contributed by atoms with van der Waals surface area (Å²) in [6.45, 7) is 10.0. The molecule has 5 saturated heterocycles. The van der Waals surface area contributed by atoms with Crippen molar-refractivity contribution < 1.29 is 33.5 Å². The molecule has 2 aromatic carbocycles. The van der Waals surface area contributed by atoms with Gasteiger partial charge < -0.3 is 45.5 Å². The minimum absolute atomic E-state index is 0.0308. The van der Waals surface area contributed by atoms with Gasteiger partial charge in [0.25, 0.3) is 17.7 Å². The number of piperidine rings is 2. The number of carbonyl (C=O) groups is 6. The molecule has 4 N–H and O–H groups in total. The number of imide groups is 1. The Bertz CT molecular complexity index is 2320. The summed E-state index contributed by atoms with van der Waals surface area (Å²) in [5.41, 5.74) is 9.21. The van der Waals surface area contributed by atoms with Gasteiger partial charge in [0.1, 0.15) is 18.1 Å². The summed E-state index contributed by atoms with van der Waals surface area (Å²) < 4.78 is 5.53. The second-order valence-electron chi connectivity index (χ2n) is 18.5. The summed E-state index contributed by atoms with van der Waals surface area (Å²) in [4.78, 5) is 97.7. The van der Waals surface area contributed by atoms with E-state index in [4.69, 9.17) is 15.5 Å². The van der Waals surface area contributed by atoms with E-state index in [1.807, 2.05) is 28.0 Å². The van der Waals surface area contributed by atoms with Crippen LogP contribution < -0.4 is 26.2 Å². The Labute approximate surface area is 378 Å². The molecule has 6 amide bonds. The third-order valence-corrected chi connectivity index (χ3v) is 14.7. The first-order valence-corrected chi connectivity index (χ1v) is 23.1. The van der Waals surface area contributed by atoms with Gasteiger partial charge in [-0.2, -0.15) is 0 Å². The number of nitrogens with zero attached hydrogens (tertiary/aromatic N) is 8. The molecular formula is C47H59N11O7. The standard InChI is InChI=1S/C47H59N11O7/c1-47(15-18-53(19-16-47)35-28-55(29-35)33-11-12-36-37(25-33)45(63)58(44(36)62)38(6-4-22-59)43(61)49-2)30-7-9-31(10-8-30)51-42-40(41(48)60)50-26-39(52-42)54-17-3-5-34(27-54)57-21-20-56(46(57)64)32-13-23-65-24-14-32/h7-12,22,25-26,32,34-35,38H,3-6,13-21,23-24,27-29H2,1-2H3,(H2,48,60)(H,49,61)(H,51,52). The van der Waals surface area contributed by atoms with Gasteiger partial charge in [0.15, 0.2) is 11.5 Å². The summed E-state index contributed by atoms with van der Waals surface area (Å²) in [6, 6.07) is 13.3. The number of primary amides is 1. The van der Waals surface area contributed by atoms with Crippen LogP contribution in [0.3, 0.4) is 0 Å². The number of fused-ring (bicyclic) bond motifs is 1. The fraction of sp³-hybridized carbons (Fsp3) is 0.532. The minimum Gasteiger partial charge on any atom is -0.381 e. The highest BCUT2D eigenvalue weighted by molar-refractivity contribution is 6.23. The van der Waals surface area contributed by atoms with Gasteiger partial charge in [-0.1, -0.05) is 19.1 Å². The van der Waals surface area contributed by atoms with Crippen molar-refractivity contribution in [1.29, 1.82) is 0 Å². The van der Waals surface area contributed by atoms with Gasteiger partial charge >= 0.3 is 6.03 Å². The van der Waals surface area contributed by atoms with Crippen molar-refractivity contribution in [1.82, 2.24) is 34.9 Å². The number of nitrogens with two attached hydrogens (primary N) is 1. The van der Waals surface area contributed by atoms with Crippen LogP contribution in [0, 0.1) is 0 Å². The number of carbonyl (C=O) groups excluding carboxylic acids is 6. The van der Waals surface area contributed by atoms with Crippen LogP contribution in [-0.4, -0.2) is 162 Å². The van der Waals surface area contributed by atoms with Crippen LogP contribution >= 0.6 is 0 Å². The Morgan fingerprint density at radius 3 is 2.26 bits per heavy atom. The molecule has 2 atom stereocenters. The number of aldehydes is 1. The monoisotopic (exact) mass is 889 g/mol. The largest absolute Gasteiger partial charge is 0.381 e. The van der Waals surface area contributed by atoms with E-state index in [1.165, 1.54) is 12.6 Å². The summed E-state index contributed by atoms with van der Waals surface area (Å²) in [5.74, 6) is -1.26. The average Bonchev–Trinajstić information content (AvgIpc) is 3.82. The molecule has 65 heavy (non-hydrogen) atoms. The lowest BCUT2D eigenvalue weighted by atomic mass is 9.74. The van der Waals surface area contributed by atoms with Crippen molar-refractivity contribution >= 4 is 59.0 Å². The van der Waals surface area contributed by atoms with Crippen molar-refractivity contribution in [2.45, 2.75) is 87.9 Å². The first kappa shape index (κ1) is 44.1. The number of anilines is 4. The van der Waals surface area contributed by atoms with E-state index >= 15 is 0 Å². The van der Waals surface area contributed by atoms with Crippen molar-refractivity contribution in [3.63, 3.8) is 0 Å². The number of amides is 6. The Kier molecular flexibility index (Phi) is 12.5. The van der Waals surface area contributed by atoms with Gasteiger partial charge in [-0.05, 0) is 99.3 Å². The molecule has 18 nitrogen and oxygen atoms in total. The van der Waals surface area contributed by atoms with E-state index in [2.05, 4.69) is 49.4 Å². The van der Waals surface area contributed by atoms with Gasteiger partial charge in [-0.15, -0.1) is 0 Å². The van der Waals surface area contributed by atoms with Gasteiger partial charge in [0.2, 0.25) is 5.91 Å². The molecule has 0 radical (unpaired) electrons. The number of nitrogens with one attached hydrogen (secondary N) is 2. The van der Waals surface area contributed by atoms with Gasteiger partial charge in [0.05, 0.1) is 23.4 Å². The Morgan fingerprint density at radius 1 is 0.877 bits per heavy atom. The number of benzene rings is 2. The number of hydrogen-bond acceptors (Lipinski definition) is 13. The van der Waals surface area contributed by atoms with Crippen LogP contribution in [0.25, 0.3) is 0 Å². The number of aromatic nitrogens is 2. The van der Waals surface area contributed by atoms with Crippen LogP contribution in [0.4, 0.5) is 27.8 Å². The van der Waals surface area contributed by atoms with E-state index in [0.717, 1.165) is 94.1 Å². The molecule has 6 aliphatic rings. The molecule has 344 valence electrons. The van der Waals surface area contributed by atoms with E-state index in [9.17, 15) is 28.8 Å². The smallest absolute Gasteiger partial charge is 0.320 e. The molecule has 18 heteroatoms. The zero-order chi connectivity index (χ0) is 45.4. The van der Waals surface area contributed by atoms with Gasteiger partial charge in [-0.25, -0.2) is 14.8 Å². The van der Waals surface area contributed by atoms with Gasteiger partial charge in [-0.3, -0.25) is 29.0 Å². The van der Waals surface area contributed by atoms with E-state index in [-0.39, 0.29) is 53.2 Å². The zero-order valence-electron chi connectivity index (χ0n) is 37.2. The van der Waals surface area contributed by atoms with Crippen molar-refractivity contribution in [2.24, 2.45) is 5.73 Å². The van der Waals surface area contributed by atoms with Crippen LogP contribution in [0.1, 0.15) is 95.1 Å². The van der Waals surface area contributed by atoms with E-state index < -0.39 is 29.7 Å². The number of likely N-dealkylation sites (tertiary alicyclic amines) is 1. The van der Waals surface area contributed by atoms with Crippen LogP contribution in [0.15, 0.2) is 48.7 Å². The summed E-state index contributed by atoms with van der Waals surface area (Å²) >= 11 is 0. The number of urea groups is 1. The zero-order valence-corrected chi connectivity index (χ0v) is 37.2. The first-order chi connectivity index (χ1) is 31.5. The van der Waals surface area contributed by atoms with Crippen LogP contribution in [0.2, 0.25) is 0 Å². The molecule has 0 bridgehead atoms. The molecule has 0 spiro atoms. The number of rotatable bonds is 14. The maximum absolute atomic E-state index is 13.5. The Morgan fingerprint density at radius 2 is 1.57 bits per heavy atom. The van der Waals surface area contributed by atoms with Crippen LogP contribution in [-0.2, 0) is 19.7 Å². The lowest BCUT2D eigenvalue weighted by molar-refractivity contribution is -0.124. The predicted octanol–water partition coefficient (Wildman–Crippen LogP) is 3.14. The van der Waals surface area contributed by atoms with Crippen molar-refractivity contribution in [3.05, 3.63) is 71.0 Å². The number of likely N-dealkylation sites (N-methyl/N-ethyl adjacent to an activating group) is 1. The van der Waals surface area contributed by atoms with Crippen LogP contribution in [0.5, 0.6) is 0 Å². The highest BCUT2D eigenvalue weighted by Gasteiger charge is 2.44. The van der Waals surface area contributed by atoms with E-state index in [0.29, 0.717) is 50.3 Å². The fourth-order valence-electron chi connectivity index (χ4n) is 10.6. The summed E-state index contributed by atoms with van der Waals surface area (Å²) in [6.07, 6.45) is 7.95. The van der Waals surface area contributed by atoms with Crippen molar-refractivity contribution in [3.8, 4) is 0 Å². The second kappa shape index (κ2) is 18.4. The molecule has 1 aromatic heterocycles. The molecule has 6 aliphatic heterocycles.